The van der Waals surface area contributed by atoms with Gasteiger partial charge in [-0.25, -0.2) is 0 Å². The summed E-state index contributed by atoms with van der Waals surface area (Å²) in [6.07, 6.45) is 4.32. The van der Waals surface area contributed by atoms with Crippen LogP contribution >= 0.6 is 0 Å². The standard InChI is InChI=1S/C23H35BN2O5/c1-15(2)12-22(24(29)30)25-23(28)17(13-16-4-5-16)14-21(27)20-10-11-26(20)18-6-8-19(31-3)9-7-18/h6-9,15-17,20,22,29-30H,4-5,10-14H2,1-3H3,(H,25,28)/t17-,20+,22-/m1/s1. The molecule has 1 saturated heterocycles. The second kappa shape index (κ2) is 10.5. The quantitative estimate of drug-likeness (QED) is 0.440. The molecular formula is C23H35BN2O5. The van der Waals surface area contributed by atoms with E-state index in [0.29, 0.717) is 18.8 Å². The van der Waals surface area contributed by atoms with Gasteiger partial charge in [-0.05, 0) is 55.4 Å². The van der Waals surface area contributed by atoms with Crippen LogP contribution in [0.5, 0.6) is 5.75 Å². The van der Waals surface area contributed by atoms with Crippen LogP contribution in [-0.4, -0.2) is 54.5 Å². The Morgan fingerprint density at radius 1 is 1.19 bits per heavy atom. The van der Waals surface area contributed by atoms with Crippen molar-refractivity contribution in [1.29, 1.82) is 0 Å². The van der Waals surface area contributed by atoms with Crippen LogP contribution in [-0.2, 0) is 9.59 Å². The Morgan fingerprint density at radius 3 is 2.35 bits per heavy atom. The summed E-state index contributed by atoms with van der Waals surface area (Å²) in [5.74, 6) is 0.168. The number of nitrogens with one attached hydrogen (secondary N) is 1. The summed E-state index contributed by atoms with van der Waals surface area (Å²) in [7, 11) is 0.0122. The molecule has 2 fully saturated rings. The SMILES string of the molecule is COc1ccc(N2CC[C@H]2C(=O)C[C@@H](CC2CC2)C(=O)N[C@H](CC(C)C)B(O)O)cc1. The number of methoxy groups -OCH3 is 1. The Balaban J connectivity index is 1.62. The molecule has 1 aliphatic carbocycles. The van der Waals surface area contributed by atoms with Crippen LogP contribution in [0.4, 0.5) is 5.69 Å². The fourth-order valence-electron chi connectivity index (χ4n) is 4.29. The molecule has 0 radical (unpaired) electrons. The van der Waals surface area contributed by atoms with Crippen LogP contribution < -0.4 is 15.0 Å². The lowest BCUT2D eigenvalue weighted by atomic mass is 9.74. The van der Waals surface area contributed by atoms with Crippen molar-refractivity contribution in [3.8, 4) is 5.75 Å². The molecule has 1 aromatic carbocycles. The molecule has 7 nitrogen and oxygen atoms in total. The van der Waals surface area contributed by atoms with Gasteiger partial charge in [-0.3, -0.25) is 9.59 Å². The highest BCUT2D eigenvalue weighted by atomic mass is 16.5. The molecule has 0 aromatic heterocycles. The van der Waals surface area contributed by atoms with E-state index >= 15 is 0 Å². The van der Waals surface area contributed by atoms with Crippen LogP contribution in [0.2, 0.25) is 0 Å². The van der Waals surface area contributed by atoms with Gasteiger partial charge in [-0.15, -0.1) is 0 Å². The van der Waals surface area contributed by atoms with Gasteiger partial charge in [0, 0.05) is 24.6 Å². The van der Waals surface area contributed by atoms with Gasteiger partial charge in [0.25, 0.3) is 0 Å². The molecule has 170 valence electrons. The number of ether oxygens (including phenoxy) is 1. The molecule has 0 unspecified atom stereocenters. The fraction of sp³-hybridized carbons (Fsp3) is 0.652. The average Bonchev–Trinajstić information content (AvgIpc) is 3.50. The molecule has 0 bridgehead atoms. The zero-order chi connectivity index (χ0) is 22.5. The maximum absolute atomic E-state index is 13.1. The molecule has 8 heteroatoms. The first-order valence-corrected chi connectivity index (χ1v) is 11.4. The highest BCUT2D eigenvalue weighted by Crippen LogP contribution is 2.37. The Morgan fingerprint density at radius 2 is 1.87 bits per heavy atom. The van der Waals surface area contributed by atoms with E-state index in [2.05, 4.69) is 10.2 Å². The Kier molecular flexibility index (Phi) is 8.00. The largest absolute Gasteiger partial charge is 0.497 e. The third-order valence-electron chi connectivity index (χ3n) is 6.34. The Hall–Kier alpha value is -2.06. The molecule has 31 heavy (non-hydrogen) atoms. The number of benzene rings is 1. The van der Waals surface area contributed by atoms with Crippen molar-refractivity contribution >= 4 is 24.5 Å². The van der Waals surface area contributed by atoms with Gasteiger partial charge in [0.15, 0.2) is 5.78 Å². The predicted octanol–water partition coefficient (Wildman–Crippen LogP) is 2.19. The van der Waals surface area contributed by atoms with Crippen LogP contribution in [0, 0.1) is 17.8 Å². The summed E-state index contributed by atoms with van der Waals surface area (Å²) >= 11 is 0. The van der Waals surface area contributed by atoms with Gasteiger partial charge in [0.05, 0.1) is 19.1 Å². The number of carbonyl (C=O) groups excluding carboxylic acids is 2. The van der Waals surface area contributed by atoms with E-state index in [1.807, 2.05) is 38.1 Å². The van der Waals surface area contributed by atoms with Gasteiger partial charge >= 0.3 is 7.12 Å². The minimum Gasteiger partial charge on any atom is -0.497 e. The third-order valence-corrected chi connectivity index (χ3v) is 6.34. The predicted molar refractivity (Wildman–Crippen MR) is 121 cm³/mol. The highest BCUT2D eigenvalue weighted by molar-refractivity contribution is 6.43. The van der Waals surface area contributed by atoms with Gasteiger partial charge in [-0.1, -0.05) is 26.7 Å². The normalized spacial score (nSPS) is 20.1. The first-order chi connectivity index (χ1) is 14.8. The average molecular weight is 430 g/mol. The molecule has 3 N–H and O–H groups in total. The lowest BCUT2D eigenvalue weighted by Gasteiger charge is -2.42. The lowest BCUT2D eigenvalue weighted by molar-refractivity contribution is -0.131. The smallest absolute Gasteiger partial charge is 0.475 e. The van der Waals surface area contributed by atoms with E-state index in [4.69, 9.17) is 4.74 Å². The van der Waals surface area contributed by atoms with Crippen molar-refractivity contribution < 1.29 is 24.4 Å². The molecule has 1 aromatic rings. The molecule has 1 heterocycles. The van der Waals surface area contributed by atoms with E-state index in [1.165, 1.54) is 0 Å². The maximum atomic E-state index is 13.1. The number of carbonyl (C=O) groups is 2. The van der Waals surface area contributed by atoms with Crippen LogP contribution in [0.15, 0.2) is 24.3 Å². The van der Waals surface area contributed by atoms with Gasteiger partial charge in [0.1, 0.15) is 5.75 Å². The lowest BCUT2D eigenvalue weighted by Crippen LogP contribution is -2.54. The van der Waals surface area contributed by atoms with Crippen molar-refractivity contribution in [2.75, 3.05) is 18.6 Å². The monoisotopic (exact) mass is 430 g/mol. The number of amides is 1. The second-order valence-corrected chi connectivity index (χ2v) is 9.40. The first kappa shape index (κ1) is 23.6. The van der Waals surface area contributed by atoms with Crippen molar-refractivity contribution in [2.24, 2.45) is 17.8 Å². The minimum atomic E-state index is -1.61. The molecule has 3 rings (SSSR count). The van der Waals surface area contributed by atoms with E-state index in [1.54, 1.807) is 7.11 Å². The summed E-state index contributed by atoms with van der Waals surface area (Å²) in [4.78, 5) is 28.2. The summed E-state index contributed by atoms with van der Waals surface area (Å²) in [6.45, 7) is 4.75. The number of nitrogens with zero attached hydrogens (tertiary/aromatic N) is 1. The number of hydrogen-bond acceptors (Lipinski definition) is 6. The molecule has 1 saturated carbocycles. The Labute approximate surface area is 185 Å². The number of Topliss-reactive ketones (excluding diaryl/α,β-unsaturated/α-hetero) is 1. The number of hydrogen-bond donors (Lipinski definition) is 3. The van der Waals surface area contributed by atoms with E-state index in [-0.39, 0.29) is 30.1 Å². The summed E-state index contributed by atoms with van der Waals surface area (Å²) in [6, 6.07) is 7.46. The van der Waals surface area contributed by atoms with Crippen molar-refractivity contribution in [3.05, 3.63) is 24.3 Å². The summed E-state index contributed by atoms with van der Waals surface area (Å²) in [5.41, 5.74) is 0.981. The van der Waals surface area contributed by atoms with Crippen LogP contribution in [0.3, 0.4) is 0 Å². The fourth-order valence-corrected chi connectivity index (χ4v) is 4.29. The van der Waals surface area contributed by atoms with Crippen molar-refractivity contribution in [1.82, 2.24) is 5.32 Å². The van der Waals surface area contributed by atoms with Gasteiger partial charge in [0.2, 0.25) is 5.91 Å². The second-order valence-electron chi connectivity index (χ2n) is 9.40. The molecule has 0 spiro atoms. The van der Waals surface area contributed by atoms with Crippen LogP contribution in [0.1, 0.15) is 52.4 Å². The number of rotatable bonds is 12. The highest BCUT2D eigenvalue weighted by Gasteiger charge is 2.39. The molecular weight excluding hydrogens is 395 g/mol. The minimum absolute atomic E-state index is 0.0767. The molecule has 1 aliphatic heterocycles. The van der Waals surface area contributed by atoms with Crippen LogP contribution in [0.25, 0.3) is 0 Å². The van der Waals surface area contributed by atoms with Gasteiger partial charge < -0.3 is 25.0 Å². The first-order valence-electron chi connectivity index (χ1n) is 11.4. The van der Waals surface area contributed by atoms with E-state index in [0.717, 1.165) is 37.2 Å². The topological polar surface area (TPSA) is 99.1 Å². The zero-order valence-electron chi connectivity index (χ0n) is 18.8. The third kappa shape index (κ3) is 6.46. The molecule has 1 amide bonds. The van der Waals surface area contributed by atoms with Crippen molar-refractivity contribution in [2.45, 2.75) is 64.4 Å². The van der Waals surface area contributed by atoms with Crippen molar-refractivity contribution in [3.63, 3.8) is 0 Å². The summed E-state index contributed by atoms with van der Waals surface area (Å²) < 4.78 is 5.20. The molecule has 2 aliphatic rings. The number of anilines is 1. The molecule has 3 atom stereocenters. The van der Waals surface area contributed by atoms with E-state index < -0.39 is 19.0 Å². The Bertz CT molecular complexity index is 751. The van der Waals surface area contributed by atoms with Gasteiger partial charge in [-0.2, -0.15) is 0 Å². The van der Waals surface area contributed by atoms with E-state index in [9.17, 15) is 19.6 Å². The zero-order valence-corrected chi connectivity index (χ0v) is 18.8. The number of ketones is 1. The maximum Gasteiger partial charge on any atom is 0.475 e. The summed E-state index contributed by atoms with van der Waals surface area (Å²) in [5, 5.41) is 22.1.